The molecule has 7 heteroatoms. The second-order valence-electron chi connectivity index (χ2n) is 9.84. The number of rotatable bonds is 3. The number of likely N-dealkylation sites (tertiary alicyclic amines) is 1. The summed E-state index contributed by atoms with van der Waals surface area (Å²) >= 11 is 0. The lowest BCUT2D eigenvalue weighted by molar-refractivity contribution is -0.132. The van der Waals surface area contributed by atoms with Crippen molar-refractivity contribution >= 4 is 17.7 Å². The average molecular weight is 435 g/mol. The molecule has 2 heterocycles. The first-order valence-electron chi connectivity index (χ1n) is 10.9. The minimum Gasteiger partial charge on any atom is -0.351 e. The van der Waals surface area contributed by atoms with E-state index in [1.807, 2.05) is 69.3 Å². The third-order valence-corrected chi connectivity index (χ3v) is 6.22. The first-order valence-corrected chi connectivity index (χ1v) is 10.9. The molecular formula is C25H30N4O3. The third-order valence-electron chi connectivity index (χ3n) is 6.22. The Morgan fingerprint density at radius 3 is 2.47 bits per heavy atom. The summed E-state index contributed by atoms with van der Waals surface area (Å²) in [7, 11) is 0. The summed E-state index contributed by atoms with van der Waals surface area (Å²) in [6, 6.07) is 15.8. The van der Waals surface area contributed by atoms with Crippen molar-refractivity contribution in [2.75, 3.05) is 13.1 Å². The van der Waals surface area contributed by atoms with E-state index in [1.54, 1.807) is 11.0 Å². The molecule has 1 saturated heterocycles. The van der Waals surface area contributed by atoms with Crippen molar-refractivity contribution in [3.8, 4) is 0 Å². The number of nitrogens with zero attached hydrogens (tertiary/aromatic N) is 1. The number of carbonyl (C=O) groups is 3. The highest BCUT2D eigenvalue weighted by Gasteiger charge is 2.55. The molecule has 2 aliphatic heterocycles. The molecule has 0 radical (unpaired) electrons. The van der Waals surface area contributed by atoms with Crippen LogP contribution < -0.4 is 16.4 Å². The van der Waals surface area contributed by atoms with Gasteiger partial charge in [-0.2, -0.15) is 0 Å². The largest absolute Gasteiger partial charge is 0.351 e. The number of amides is 3. The summed E-state index contributed by atoms with van der Waals surface area (Å²) in [5.41, 5.74) is 7.17. The smallest absolute Gasteiger partial charge is 0.252 e. The molecule has 168 valence electrons. The Morgan fingerprint density at radius 1 is 1.12 bits per heavy atom. The highest BCUT2D eigenvalue weighted by molar-refractivity contribution is 5.99. The van der Waals surface area contributed by atoms with Crippen LogP contribution in [0.3, 0.4) is 0 Å². The van der Waals surface area contributed by atoms with Gasteiger partial charge in [-0.25, -0.2) is 0 Å². The Morgan fingerprint density at radius 2 is 1.78 bits per heavy atom. The molecule has 3 atom stereocenters. The third kappa shape index (κ3) is 4.12. The molecule has 0 saturated carbocycles. The molecular weight excluding hydrogens is 404 g/mol. The Hall–Kier alpha value is -3.19. The number of hydrogen-bond acceptors (Lipinski definition) is 4. The maximum Gasteiger partial charge on any atom is 0.252 e. The van der Waals surface area contributed by atoms with Crippen LogP contribution in [0.4, 0.5) is 0 Å². The summed E-state index contributed by atoms with van der Waals surface area (Å²) < 4.78 is 0. The van der Waals surface area contributed by atoms with E-state index >= 15 is 0 Å². The van der Waals surface area contributed by atoms with Crippen LogP contribution in [0, 0.1) is 5.92 Å². The highest BCUT2D eigenvalue weighted by atomic mass is 16.2. The molecule has 0 bridgehead atoms. The van der Waals surface area contributed by atoms with E-state index in [2.05, 4.69) is 10.6 Å². The quantitative estimate of drug-likeness (QED) is 0.685. The van der Waals surface area contributed by atoms with Crippen LogP contribution in [-0.2, 0) is 16.0 Å². The summed E-state index contributed by atoms with van der Waals surface area (Å²) in [5, 5.41) is 6.13. The Labute approximate surface area is 188 Å². The van der Waals surface area contributed by atoms with E-state index in [1.165, 1.54) is 0 Å². The van der Waals surface area contributed by atoms with Crippen molar-refractivity contribution in [1.29, 1.82) is 0 Å². The molecule has 2 aromatic rings. The van der Waals surface area contributed by atoms with Crippen molar-refractivity contribution in [2.24, 2.45) is 11.7 Å². The second kappa shape index (κ2) is 8.06. The number of nitrogens with two attached hydrogens (primary N) is 1. The van der Waals surface area contributed by atoms with Gasteiger partial charge in [-0.1, -0.05) is 48.5 Å². The molecule has 3 amide bonds. The molecule has 4 rings (SSSR count). The van der Waals surface area contributed by atoms with Gasteiger partial charge in [-0.3, -0.25) is 14.4 Å². The number of carbonyl (C=O) groups excluding carboxylic acids is 3. The van der Waals surface area contributed by atoms with E-state index in [4.69, 9.17) is 5.73 Å². The second-order valence-corrected chi connectivity index (χ2v) is 9.84. The van der Waals surface area contributed by atoms with Crippen LogP contribution >= 0.6 is 0 Å². The zero-order chi connectivity index (χ0) is 23.1. The summed E-state index contributed by atoms with van der Waals surface area (Å²) in [5.74, 6) is -1.25. The number of fused-ring (bicyclic) bond motifs is 1. The zero-order valence-electron chi connectivity index (χ0n) is 18.7. The van der Waals surface area contributed by atoms with Gasteiger partial charge in [-0.05, 0) is 44.4 Å². The lowest BCUT2D eigenvalue weighted by atomic mass is 9.76. The molecule has 1 spiro atoms. The Kier molecular flexibility index (Phi) is 5.54. The van der Waals surface area contributed by atoms with Crippen LogP contribution in [-0.4, -0.2) is 46.8 Å². The van der Waals surface area contributed by atoms with Gasteiger partial charge in [0, 0.05) is 24.2 Å². The van der Waals surface area contributed by atoms with Crippen LogP contribution in [0.15, 0.2) is 54.6 Å². The Balaban J connectivity index is 1.67. The first-order chi connectivity index (χ1) is 15.1. The topological polar surface area (TPSA) is 105 Å². The fourth-order valence-electron chi connectivity index (χ4n) is 4.75. The molecule has 32 heavy (non-hydrogen) atoms. The average Bonchev–Trinajstić information content (AvgIpc) is 3.10. The molecule has 0 unspecified atom stereocenters. The van der Waals surface area contributed by atoms with E-state index in [0.29, 0.717) is 17.5 Å². The first kappa shape index (κ1) is 22.0. The van der Waals surface area contributed by atoms with E-state index < -0.39 is 23.0 Å². The Bertz CT molecular complexity index is 1050. The normalized spacial score (nSPS) is 23.4. The SMILES string of the molecule is CC(C)(C)NC(=O)[C@@H]1CN(C(=O)[C@H](N)c2ccccc2)C[C@]12Cc1ccccc1C(=O)N2. The standard InChI is InChI=1S/C25H30N4O3/c1-24(2,3)27-22(31)19-14-29(23(32)20(26)16-9-5-4-6-10-16)15-25(19)13-17-11-7-8-12-18(17)21(30)28-25/h4-12,19-20H,13-15,26H2,1-3H3,(H,27,31)(H,28,30)/t19-,20+,25+/m0/s1. The van der Waals surface area contributed by atoms with Gasteiger partial charge in [0.25, 0.3) is 5.91 Å². The van der Waals surface area contributed by atoms with Gasteiger partial charge in [0.05, 0.1) is 11.5 Å². The van der Waals surface area contributed by atoms with Crippen LogP contribution in [0.25, 0.3) is 0 Å². The molecule has 4 N–H and O–H groups in total. The van der Waals surface area contributed by atoms with E-state index in [9.17, 15) is 14.4 Å². The minimum absolute atomic E-state index is 0.180. The molecule has 0 aliphatic carbocycles. The predicted molar refractivity (Wildman–Crippen MR) is 122 cm³/mol. The molecule has 2 aromatic carbocycles. The van der Waals surface area contributed by atoms with E-state index in [-0.39, 0.29) is 30.8 Å². The lowest BCUT2D eigenvalue weighted by Gasteiger charge is -2.39. The molecule has 1 fully saturated rings. The van der Waals surface area contributed by atoms with Crippen molar-refractivity contribution in [3.63, 3.8) is 0 Å². The van der Waals surface area contributed by atoms with E-state index in [0.717, 1.165) is 5.56 Å². The fourth-order valence-corrected chi connectivity index (χ4v) is 4.75. The van der Waals surface area contributed by atoms with Crippen molar-refractivity contribution in [3.05, 3.63) is 71.3 Å². The zero-order valence-corrected chi connectivity index (χ0v) is 18.7. The molecule has 2 aliphatic rings. The van der Waals surface area contributed by atoms with Gasteiger partial charge in [0.2, 0.25) is 11.8 Å². The van der Waals surface area contributed by atoms with Gasteiger partial charge in [0.1, 0.15) is 6.04 Å². The summed E-state index contributed by atoms with van der Waals surface area (Å²) in [6.07, 6.45) is 0.474. The van der Waals surface area contributed by atoms with Crippen molar-refractivity contribution in [2.45, 2.75) is 44.3 Å². The lowest BCUT2D eigenvalue weighted by Crippen LogP contribution is -2.62. The highest BCUT2D eigenvalue weighted by Crippen LogP contribution is 2.37. The maximum atomic E-state index is 13.3. The minimum atomic E-state index is -0.882. The van der Waals surface area contributed by atoms with Crippen LogP contribution in [0.2, 0.25) is 0 Å². The summed E-state index contributed by atoms with van der Waals surface area (Å²) in [6.45, 7) is 6.17. The molecule has 0 aromatic heterocycles. The van der Waals surface area contributed by atoms with Gasteiger partial charge in [0.15, 0.2) is 0 Å². The summed E-state index contributed by atoms with van der Waals surface area (Å²) in [4.78, 5) is 41.2. The number of benzene rings is 2. The molecule has 7 nitrogen and oxygen atoms in total. The monoisotopic (exact) mass is 434 g/mol. The van der Waals surface area contributed by atoms with Crippen molar-refractivity contribution < 1.29 is 14.4 Å². The number of nitrogens with one attached hydrogen (secondary N) is 2. The fraction of sp³-hybridized carbons (Fsp3) is 0.400. The van der Waals surface area contributed by atoms with Crippen LogP contribution in [0.5, 0.6) is 0 Å². The van der Waals surface area contributed by atoms with Crippen LogP contribution in [0.1, 0.15) is 48.3 Å². The van der Waals surface area contributed by atoms with Crippen molar-refractivity contribution in [1.82, 2.24) is 15.5 Å². The number of hydrogen-bond donors (Lipinski definition) is 3. The van der Waals surface area contributed by atoms with Gasteiger partial charge < -0.3 is 21.3 Å². The van der Waals surface area contributed by atoms with Gasteiger partial charge in [-0.15, -0.1) is 0 Å². The maximum absolute atomic E-state index is 13.3. The predicted octanol–water partition coefficient (Wildman–Crippen LogP) is 1.78. The van der Waals surface area contributed by atoms with Gasteiger partial charge >= 0.3 is 0 Å².